The number of aromatic nitrogens is 1. The van der Waals surface area contributed by atoms with Gasteiger partial charge >= 0.3 is 5.63 Å². The Bertz CT molecular complexity index is 455. The Hall–Kier alpha value is -1.71. The van der Waals surface area contributed by atoms with Crippen LogP contribution in [0.5, 0.6) is 5.75 Å². The van der Waals surface area contributed by atoms with Crippen molar-refractivity contribution in [2.24, 2.45) is 0 Å². The summed E-state index contributed by atoms with van der Waals surface area (Å²) in [6.45, 7) is 0. The molecule has 0 aliphatic heterocycles. The van der Waals surface area contributed by atoms with Gasteiger partial charge < -0.3 is 9.26 Å². The van der Waals surface area contributed by atoms with E-state index in [0.717, 1.165) is 0 Å². The zero-order chi connectivity index (χ0) is 8.55. The number of hydrogen-bond donors (Lipinski definition) is 1. The van der Waals surface area contributed by atoms with Crippen LogP contribution in [0.15, 0.2) is 27.5 Å². The molecular formula is C8H7NO3. The summed E-state index contributed by atoms with van der Waals surface area (Å²) in [7, 11) is 1.54. The van der Waals surface area contributed by atoms with Crippen LogP contribution >= 0.6 is 0 Å². The average molecular weight is 165 g/mol. The van der Waals surface area contributed by atoms with E-state index in [0.29, 0.717) is 16.7 Å². The molecule has 1 N–H and O–H groups in total. The molecule has 0 amide bonds. The van der Waals surface area contributed by atoms with E-state index in [1.54, 1.807) is 25.3 Å². The predicted molar refractivity (Wildman–Crippen MR) is 43.4 cm³/mol. The Morgan fingerprint density at radius 2 is 2.33 bits per heavy atom. The molecule has 0 unspecified atom stereocenters. The fourth-order valence-electron chi connectivity index (χ4n) is 1.13. The minimum atomic E-state index is -0.371. The third-order valence-corrected chi connectivity index (χ3v) is 1.71. The molecule has 0 aliphatic rings. The normalized spacial score (nSPS) is 10.4. The van der Waals surface area contributed by atoms with Gasteiger partial charge in [0.1, 0.15) is 11.3 Å². The number of methoxy groups -OCH3 is 1. The van der Waals surface area contributed by atoms with Crippen molar-refractivity contribution in [2.75, 3.05) is 7.11 Å². The summed E-state index contributed by atoms with van der Waals surface area (Å²) in [6, 6.07) is 5.18. The first-order valence-corrected chi connectivity index (χ1v) is 3.47. The van der Waals surface area contributed by atoms with Crippen molar-refractivity contribution in [3.63, 3.8) is 0 Å². The van der Waals surface area contributed by atoms with E-state index in [1.165, 1.54) is 0 Å². The number of fused-ring (bicyclic) bond motifs is 1. The van der Waals surface area contributed by atoms with Crippen molar-refractivity contribution < 1.29 is 9.26 Å². The molecule has 2 aromatic rings. The van der Waals surface area contributed by atoms with E-state index < -0.39 is 0 Å². The number of H-pyrrole nitrogens is 1. The number of ether oxygens (including phenoxy) is 1. The Kier molecular flexibility index (Phi) is 1.40. The quantitative estimate of drug-likeness (QED) is 0.689. The molecule has 0 saturated heterocycles. The number of aromatic amines is 1. The lowest BCUT2D eigenvalue weighted by Gasteiger charge is -1.97. The van der Waals surface area contributed by atoms with Crippen molar-refractivity contribution >= 4 is 10.9 Å². The molecule has 2 rings (SSSR count). The Morgan fingerprint density at radius 3 is 3.08 bits per heavy atom. The average Bonchev–Trinajstić information content (AvgIpc) is 2.48. The topological polar surface area (TPSA) is 55.2 Å². The second-order valence-electron chi connectivity index (χ2n) is 2.37. The Labute approximate surface area is 67.7 Å². The lowest BCUT2D eigenvalue weighted by molar-refractivity contribution is 0.389. The van der Waals surface area contributed by atoms with Crippen LogP contribution in [0.1, 0.15) is 0 Å². The highest BCUT2D eigenvalue weighted by molar-refractivity contribution is 5.83. The smallest absolute Gasteiger partial charge is 0.365 e. The highest BCUT2D eigenvalue weighted by atomic mass is 16.5. The van der Waals surface area contributed by atoms with Gasteiger partial charge in [-0.25, -0.2) is 9.95 Å². The summed E-state index contributed by atoms with van der Waals surface area (Å²) >= 11 is 0. The third kappa shape index (κ3) is 0.812. The number of nitrogens with one attached hydrogen (secondary N) is 1. The lowest BCUT2D eigenvalue weighted by Crippen LogP contribution is -1.90. The standard InChI is InChI=1S/C8H7NO3/c1-11-6-4-2-3-5-7(6)9-12-8(5)10/h2-4,9H,1H3. The van der Waals surface area contributed by atoms with E-state index >= 15 is 0 Å². The molecule has 0 aliphatic carbocycles. The Morgan fingerprint density at radius 1 is 1.50 bits per heavy atom. The van der Waals surface area contributed by atoms with Crippen LogP contribution in [-0.4, -0.2) is 12.3 Å². The first-order valence-electron chi connectivity index (χ1n) is 3.47. The fourth-order valence-corrected chi connectivity index (χ4v) is 1.13. The van der Waals surface area contributed by atoms with E-state index in [2.05, 4.69) is 9.68 Å². The molecule has 4 nitrogen and oxygen atoms in total. The van der Waals surface area contributed by atoms with Crippen LogP contribution < -0.4 is 10.4 Å². The van der Waals surface area contributed by atoms with Crippen molar-refractivity contribution in [3.8, 4) is 5.75 Å². The van der Waals surface area contributed by atoms with Crippen LogP contribution in [0.3, 0.4) is 0 Å². The molecule has 0 radical (unpaired) electrons. The van der Waals surface area contributed by atoms with Crippen LogP contribution in [0.2, 0.25) is 0 Å². The maximum Gasteiger partial charge on any atom is 0.365 e. The molecule has 0 atom stereocenters. The first kappa shape index (κ1) is 6.97. The minimum Gasteiger partial charge on any atom is -0.494 e. The highest BCUT2D eigenvalue weighted by Crippen LogP contribution is 2.20. The van der Waals surface area contributed by atoms with Gasteiger partial charge in [-0.1, -0.05) is 6.07 Å². The molecule has 0 fully saturated rings. The maximum absolute atomic E-state index is 11.0. The number of para-hydroxylation sites is 1. The number of benzene rings is 1. The van der Waals surface area contributed by atoms with Gasteiger partial charge in [0.25, 0.3) is 0 Å². The summed E-state index contributed by atoms with van der Waals surface area (Å²) in [5.41, 5.74) is 0.230. The van der Waals surface area contributed by atoms with Gasteiger partial charge in [0, 0.05) is 0 Å². The van der Waals surface area contributed by atoms with E-state index in [-0.39, 0.29) is 5.63 Å². The second-order valence-corrected chi connectivity index (χ2v) is 2.37. The summed E-state index contributed by atoms with van der Waals surface area (Å²) < 4.78 is 9.61. The fraction of sp³-hybridized carbons (Fsp3) is 0.125. The second kappa shape index (κ2) is 2.41. The molecular weight excluding hydrogens is 158 g/mol. The van der Waals surface area contributed by atoms with Gasteiger partial charge in [0.15, 0.2) is 0 Å². The van der Waals surface area contributed by atoms with Crippen molar-refractivity contribution in [3.05, 3.63) is 28.6 Å². The van der Waals surface area contributed by atoms with Crippen LogP contribution in [0.4, 0.5) is 0 Å². The van der Waals surface area contributed by atoms with Gasteiger partial charge in [0.2, 0.25) is 0 Å². The molecule has 1 aromatic heterocycles. The van der Waals surface area contributed by atoms with Crippen LogP contribution in [0, 0.1) is 0 Å². The molecule has 62 valence electrons. The Balaban J connectivity index is 2.90. The largest absolute Gasteiger partial charge is 0.494 e. The van der Waals surface area contributed by atoms with Gasteiger partial charge in [0.05, 0.1) is 12.5 Å². The lowest BCUT2D eigenvalue weighted by atomic mass is 10.2. The minimum absolute atomic E-state index is 0.371. The van der Waals surface area contributed by atoms with E-state index in [1.807, 2.05) is 0 Å². The summed E-state index contributed by atoms with van der Waals surface area (Å²) in [4.78, 5) is 11.0. The van der Waals surface area contributed by atoms with Crippen molar-refractivity contribution in [1.29, 1.82) is 0 Å². The molecule has 1 heterocycles. The summed E-state index contributed by atoms with van der Waals surface area (Å²) in [5, 5.41) is 3.00. The first-order chi connectivity index (χ1) is 5.83. The molecule has 0 spiro atoms. The molecule has 4 heteroatoms. The molecule has 0 saturated carbocycles. The predicted octanol–water partition coefficient (Wildman–Crippen LogP) is 1.13. The van der Waals surface area contributed by atoms with Gasteiger partial charge in [-0.05, 0) is 12.1 Å². The van der Waals surface area contributed by atoms with E-state index in [9.17, 15) is 4.79 Å². The van der Waals surface area contributed by atoms with Gasteiger partial charge in [-0.3, -0.25) is 0 Å². The molecule has 0 bridgehead atoms. The summed E-state index contributed by atoms with van der Waals surface area (Å²) in [5.74, 6) is 0.610. The molecule has 1 aromatic carbocycles. The number of rotatable bonds is 1. The maximum atomic E-state index is 11.0. The number of hydrogen-bond acceptors (Lipinski definition) is 3. The zero-order valence-corrected chi connectivity index (χ0v) is 6.46. The van der Waals surface area contributed by atoms with Gasteiger partial charge in [-0.2, -0.15) is 0 Å². The SMILES string of the molecule is COc1cccc2c(=O)o[nH]c12. The monoisotopic (exact) mass is 165 g/mol. The third-order valence-electron chi connectivity index (χ3n) is 1.71. The van der Waals surface area contributed by atoms with E-state index in [4.69, 9.17) is 4.74 Å². The van der Waals surface area contributed by atoms with Gasteiger partial charge in [-0.15, -0.1) is 0 Å². The van der Waals surface area contributed by atoms with Crippen LogP contribution in [0.25, 0.3) is 10.9 Å². The van der Waals surface area contributed by atoms with Crippen LogP contribution in [-0.2, 0) is 0 Å². The zero-order valence-electron chi connectivity index (χ0n) is 6.46. The molecule has 12 heavy (non-hydrogen) atoms. The highest BCUT2D eigenvalue weighted by Gasteiger charge is 2.06. The van der Waals surface area contributed by atoms with Crippen molar-refractivity contribution in [1.82, 2.24) is 5.16 Å². The van der Waals surface area contributed by atoms with Crippen molar-refractivity contribution in [2.45, 2.75) is 0 Å². The summed E-state index contributed by atoms with van der Waals surface area (Å²) in [6.07, 6.45) is 0.